The zero-order valence-corrected chi connectivity index (χ0v) is 13.0. The first-order valence-corrected chi connectivity index (χ1v) is 8.27. The van der Waals surface area contributed by atoms with Gasteiger partial charge in [0, 0.05) is 11.1 Å². The van der Waals surface area contributed by atoms with E-state index in [1.807, 2.05) is 0 Å². The first-order chi connectivity index (χ1) is 10.9. The molecule has 0 aliphatic rings. The molecule has 0 fully saturated rings. The van der Waals surface area contributed by atoms with Crippen LogP contribution in [0.3, 0.4) is 0 Å². The molecule has 3 rings (SSSR count). The fourth-order valence-electron chi connectivity index (χ4n) is 2.41. The second-order valence-electron chi connectivity index (χ2n) is 5.02. The van der Waals surface area contributed by atoms with Crippen LogP contribution in [0, 0.1) is 12.7 Å². The van der Waals surface area contributed by atoms with E-state index in [1.54, 1.807) is 37.3 Å². The van der Waals surface area contributed by atoms with Crippen LogP contribution in [0.1, 0.15) is 5.69 Å². The lowest BCUT2D eigenvalue weighted by Crippen LogP contribution is -2.13. The van der Waals surface area contributed by atoms with Gasteiger partial charge in [-0.3, -0.25) is 0 Å². The fraction of sp³-hybridized carbons (Fsp3) is 0.0625. The number of rotatable bonds is 3. The Hall–Kier alpha value is -2.51. The number of nitrogens with two attached hydrogens (primary N) is 1. The van der Waals surface area contributed by atoms with Gasteiger partial charge in [0.2, 0.25) is 10.0 Å². The summed E-state index contributed by atoms with van der Waals surface area (Å²) >= 11 is 0. The van der Waals surface area contributed by atoms with Crippen LogP contribution < -0.4 is 5.14 Å². The Labute approximate surface area is 132 Å². The van der Waals surface area contributed by atoms with Crippen LogP contribution >= 0.6 is 0 Å². The highest BCUT2D eigenvalue weighted by atomic mass is 32.2. The monoisotopic (exact) mass is 332 g/mol. The number of primary sulfonamides is 1. The second kappa shape index (κ2) is 5.60. The maximum absolute atomic E-state index is 13.1. The van der Waals surface area contributed by atoms with E-state index in [-0.39, 0.29) is 10.7 Å². The van der Waals surface area contributed by atoms with Crippen LogP contribution in [0.5, 0.6) is 0 Å². The Morgan fingerprint density at radius 1 is 1.09 bits per heavy atom. The Morgan fingerprint density at radius 2 is 1.74 bits per heavy atom. The van der Waals surface area contributed by atoms with Crippen LogP contribution in [0.15, 0.2) is 57.9 Å². The van der Waals surface area contributed by atoms with Gasteiger partial charge >= 0.3 is 0 Å². The van der Waals surface area contributed by atoms with Crippen molar-refractivity contribution < 1.29 is 17.3 Å². The van der Waals surface area contributed by atoms with Crippen molar-refractivity contribution in [1.29, 1.82) is 0 Å². The van der Waals surface area contributed by atoms with Crippen LogP contribution in [-0.2, 0) is 10.0 Å². The van der Waals surface area contributed by atoms with Gasteiger partial charge in [0.25, 0.3) is 0 Å². The van der Waals surface area contributed by atoms with Gasteiger partial charge in [-0.25, -0.2) is 17.9 Å². The van der Waals surface area contributed by atoms with Crippen LogP contribution in [0.2, 0.25) is 0 Å². The molecule has 0 atom stereocenters. The predicted molar refractivity (Wildman–Crippen MR) is 83.4 cm³/mol. The zero-order chi connectivity index (χ0) is 16.6. The number of nitrogens with zero attached hydrogens (tertiary/aromatic N) is 1. The summed E-state index contributed by atoms with van der Waals surface area (Å²) in [4.78, 5) is -0.0188. The van der Waals surface area contributed by atoms with Crippen molar-refractivity contribution >= 4 is 10.0 Å². The van der Waals surface area contributed by atoms with Crippen LogP contribution in [0.4, 0.5) is 4.39 Å². The third-order valence-electron chi connectivity index (χ3n) is 3.43. The van der Waals surface area contributed by atoms with E-state index in [0.29, 0.717) is 28.1 Å². The Bertz CT molecular complexity index is 963. The molecule has 7 heteroatoms. The van der Waals surface area contributed by atoms with E-state index in [4.69, 9.17) is 9.66 Å². The molecule has 23 heavy (non-hydrogen) atoms. The minimum absolute atomic E-state index is 0.0188. The summed E-state index contributed by atoms with van der Waals surface area (Å²) in [6, 6.07) is 12.0. The molecule has 0 aliphatic heterocycles. The molecule has 0 radical (unpaired) electrons. The summed E-state index contributed by atoms with van der Waals surface area (Å²) in [5, 5.41) is 9.20. The standard InChI is InChI=1S/C16H13FN2O3S/c1-10-15(13-4-2-3-5-14(13)23(18,20)21)16(22-19-10)11-6-8-12(17)9-7-11/h2-9H,1H3,(H2,18,20,21). The number of aromatic nitrogens is 1. The molecule has 5 nitrogen and oxygen atoms in total. The molecule has 1 aromatic heterocycles. The van der Waals surface area contributed by atoms with Crippen molar-refractivity contribution in [3.05, 3.63) is 60.0 Å². The molecule has 2 N–H and O–H groups in total. The molecule has 0 saturated heterocycles. The van der Waals surface area contributed by atoms with Gasteiger partial charge in [-0.05, 0) is 37.3 Å². The van der Waals surface area contributed by atoms with E-state index < -0.39 is 10.0 Å². The smallest absolute Gasteiger partial charge is 0.238 e. The highest BCUT2D eigenvalue weighted by Crippen LogP contribution is 2.37. The largest absolute Gasteiger partial charge is 0.355 e. The zero-order valence-electron chi connectivity index (χ0n) is 12.2. The van der Waals surface area contributed by atoms with Gasteiger partial charge in [0.05, 0.1) is 16.2 Å². The van der Waals surface area contributed by atoms with Gasteiger partial charge in [-0.2, -0.15) is 0 Å². The summed E-state index contributed by atoms with van der Waals surface area (Å²) in [6.45, 7) is 1.70. The van der Waals surface area contributed by atoms with E-state index >= 15 is 0 Å². The SMILES string of the molecule is Cc1noc(-c2ccc(F)cc2)c1-c1ccccc1S(N)(=O)=O. The van der Waals surface area contributed by atoms with Crippen molar-refractivity contribution in [1.82, 2.24) is 5.16 Å². The van der Waals surface area contributed by atoms with Crippen molar-refractivity contribution in [2.75, 3.05) is 0 Å². The number of aryl methyl sites for hydroxylation is 1. The highest BCUT2D eigenvalue weighted by Gasteiger charge is 2.23. The first kappa shape index (κ1) is 15.4. The lowest BCUT2D eigenvalue weighted by atomic mass is 10.00. The maximum Gasteiger partial charge on any atom is 0.238 e. The topological polar surface area (TPSA) is 86.2 Å². The molecule has 0 unspecified atom stereocenters. The van der Waals surface area contributed by atoms with E-state index in [1.165, 1.54) is 18.2 Å². The van der Waals surface area contributed by atoms with Crippen molar-refractivity contribution in [2.45, 2.75) is 11.8 Å². The summed E-state index contributed by atoms with van der Waals surface area (Å²) in [6.07, 6.45) is 0. The average Bonchev–Trinajstić information content (AvgIpc) is 2.89. The molecular weight excluding hydrogens is 319 g/mol. The lowest BCUT2D eigenvalue weighted by molar-refractivity contribution is 0.427. The molecule has 0 amide bonds. The van der Waals surface area contributed by atoms with Crippen LogP contribution in [0.25, 0.3) is 22.5 Å². The molecule has 118 valence electrons. The minimum atomic E-state index is -3.91. The normalized spacial score (nSPS) is 11.6. The molecule has 0 saturated carbocycles. The highest BCUT2D eigenvalue weighted by molar-refractivity contribution is 7.89. The van der Waals surface area contributed by atoms with Gasteiger partial charge in [0.1, 0.15) is 5.82 Å². The van der Waals surface area contributed by atoms with Gasteiger partial charge in [0.15, 0.2) is 5.76 Å². The van der Waals surface area contributed by atoms with E-state index in [9.17, 15) is 12.8 Å². The predicted octanol–water partition coefficient (Wildman–Crippen LogP) is 3.10. The second-order valence-corrected chi connectivity index (χ2v) is 6.55. The summed E-state index contributed by atoms with van der Waals surface area (Å²) < 4.78 is 42.1. The average molecular weight is 332 g/mol. The third kappa shape index (κ3) is 2.88. The van der Waals surface area contributed by atoms with Gasteiger partial charge in [-0.15, -0.1) is 0 Å². The van der Waals surface area contributed by atoms with Crippen molar-refractivity contribution in [3.8, 4) is 22.5 Å². The Balaban J connectivity index is 2.27. The fourth-order valence-corrected chi connectivity index (χ4v) is 3.15. The van der Waals surface area contributed by atoms with Crippen molar-refractivity contribution in [3.63, 3.8) is 0 Å². The maximum atomic E-state index is 13.1. The summed E-state index contributed by atoms with van der Waals surface area (Å²) in [5.41, 5.74) is 2.01. The number of halogens is 1. The Morgan fingerprint density at radius 3 is 2.39 bits per heavy atom. The molecule has 1 heterocycles. The Kier molecular flexibility index (Phi) is 3.75. The molecular formula is C16H13FN2O3S. The number of hydrogen-bond acceptors (Lipinski definition) is 4. The number of hydrogen-bond donors (Lipinski definition) is 1. The quantitative estimate of drug-likeness (QED) is 0.798. The first-order valence-electron chi connectivity index (χ1n) is 6.72. The van der Waals surface area contributed by atoms with Crippen LogP contribution in [-0.4, -0.2) is 13.6 Å². The summed E-state index contributed by atoms with van der Waals surface area (Å²) in [7, 11) is -3.91. The number of benzene rings is 2. The lowest BCUT2D eigenvalue weighted by Gasteiger charge is -2.08. The minimum Gasteiger partial charge on any atom is -0.355 e. The molecule has 0 bridgehead atoms. The van der Waals surface area contributed by atoms with Crippen molar-refractivity contribution in [2.24, 2.45) is 5.14 Å². The van der Waals surface area contributed by atoms with E-state index in [0.717, 1.165) is 0 Å². The summed E-state index contributed by atoms with van der Waals surface area (Å²) in [5.74, 6) is -0.0185. The van der Waals surface area contributed by atoms with Gasteiger partial charge < -0.3 is 4.52 Å². The molecule has 0 aliphatic carbocycles. The van der Waals surface area contributed by atoms with Gasteiger partial charge in [-0.1, -0.05) is 23.4 Å². The third-order valence-corrected chi connectivity index (χ3v) is 4.40. The molecule has 3 aromatic rings. The molecule has 2 aromatic carbocycles. The van der Waals surface area contributed by atoms with E-state index in [2.05, 4.69) is 5.16 Å². The number of sulfonamides is 1. The molecule has 0 spiro atoms.